The second-order valence-electron chi connectivity index (χ2n) is 4.52. The number of hydrogen-bond acceptors (Lipinski definition) is 5. The van der Waals surface area contributed by atoms with E-state index in [0.29, 0.717) is 18.0 Å². The van der Waals surface area contributed by atoms with Crippen molar-refractivity contribution < 1.29 is 13.2 Å². The van der Waals surface area contributed by atoms with E-state index in [1.807, 2.05) is 12.1 Å². The van der Waals surface area contributed by atoms with E-state index >= 15 is 0 Å². The van der Waals surface area contributed by atoms with Gasteiger partial charge in [-0.05, 0) is 28.1 Å². The second-order valence-corrected chi connectivity index (χ2v) is 6.81. The van der Waals surface area contributed by atoms with Crippen molar-refractivity contribution in [1.82, 2.24) is 19.6 Å². The number of rotatable bonds is 3. The molecule has 0 atom stereocenters. The van der Waals surface area contributed by atoms with Gasteiger partial charge >= 0.3 is 6.18 Å². The molecular formula is C12H9BrF3N5S. The lowest BCUT2D eigenvalue weighted by atomic mass is 10.4. The van der Waals surface area contributed by atoms with Gasteiger partial charge in [0.25, 0.3) is 0 Å². The molecule has 10 heteroatoms. The van der Waals surface area contributed by atoms with E-state index in [9.17, 15) is 13.2 Å². The van der Waals surface area contributed by atoms with E-state index < -0.39 is 11.9 Å². The van der Waals surface area contributed by atoms with E-state index in [1.54, 1.807) is 28.6 Å². The second kappa shape index (κ2) is 5.51. The lowest BCUT2D eigenvalue weighted by Gasteiger charge is -2.14. The van der Waals surface area contributed by atoms with Crippen LogP contribution in [0.25, 0.3) is 5.65 Å². The Balaban J connectivity index is 1.87. The maximum atomic E-state index is 12.8. The molecule has 3 heterocycles. The van der Waals surface area contributed by atoms with Gasteiger partial charge < -0.3 is 4.90 Å². The van der Waals surface area contributed by atoms with E-state index in [1.165, 1.54) is 0 Å². The van der Waals surface area contributed by atoms with Crippen LogP contribution >= 0.6 is 27.3 Å². The molecule has 22 heavy (non-hydrogen) atoms. The van der Waals surface area contributed by atoms with E-state index in [0.717, 1.165) is 11.3 Å². The molecule has 0 saturated carbocycles. The summed E-state index contributed by atoms with van der Waals surface area (Å²) < 4.78 is 40.1. The lowest BCUT2D eigenvalue weighted by Crippen LogP contribution is -2.18. The number of alkyl halides is 3. The summed E-state index contributed by atoms with van der Waals surface area (Å²) in [6, 6.07) is 5.48. The molecule has 0 N–H and O–H groups in total. The van der Waals surface area contributed by atoms with E-state index in [4.69, 9.17) is 0 Å². The zero-order valence-corrected chi connectivity index (χ0v) is 13.6. The molecule has 0 amide bonds. The summed E-state index contributed by atoms with van der Waals surface area (Å²) in [7, 11) is 1.66. The fourth-order valence-electron chi connectivity index (χ4n) is 1.91. The molecule has 0 fully saturated rings. The third-order valence-corrected chi connectivity index (χ3v) is 4.75. The number of anilines is 1. The standard InChI is InChI=1S/C12H9BrF3N5S/c1-20(11-17-9(10(13)22-11)12(14,15)16)6-8-19-18-7-4-2-3-5-21(7)8/h2-5H,6H2,1H3. The molecule has 3 aromatic rings. The van der Waals surface area contributed by atoms with Gasteiger partial charge in [-0.25, -0.2) is 4.98 Å². The first-order chi connectivity index (χ1) is 10.4. The Bertz CT molecular complexity index is 813. The minimum absolute atomic E-state index is 0.0343. The Labute approximate surface area is 135 Å². The topological polar surface area (TPSA) is 46.3 Å². The van der Waals surface area contributed by atoms with Crippen LogP contribution in [0.2, 0.25) is 0 Å². The maximum Gasteiger partial charge on any atom is 0.435 e. The molecule has 3 rings (SSSR count). The highest BCUT2D eigenvalue weighted by molar-refractivity contribution is 9.11. The molecular weight excluding hydrogens is 383 g/mol. The molecule has 3 aromatic heterocycles. The molecule has 0 spiro atoms. The Morgan fingerprint density at radius 2 is 2.09 bits per heavy atom. The average molecular weight is 392 g/mol. The third-order valence-electron chi connectivity index (χ3n) is 2.93. The first kappa shape index (κ1) is 15.2. The smallest absolute Gasteiger partial charge is 0.344 e. The van der Waals surface area contributed by atoms with Gasteiger partial charge in [-0.3, -0.25) is 4.40 Å². The Morgan fingerprint density at radius 1 is 1.32 bits per heavy atom. The molecule has 0 aromatic carbocycles. The van der Waals surface area contributed by atoms with Gasteiger partial charge in [0.05, 0.1) is 6.54 Å². The molecule has 0 saturated heterocycles. The van der Waals surface area contributed by atoms with Crippen LogP contribution in [0.4, 0.5) is 18.3 Å². The van der Waals surface area contributed by atoms with Crippen LogP contribution in [-0.2, 0) is 12.7 Å². The molecule has 5 nitrogen and oxygen atoms in total. The molecule has 0 aliphatic rings. The molecule has 0 radical (unpaired) electrons. The van der Waals surface area contributed by atoms with Gasteiger partial charge in [-0.15, -0.1) is 10.2 Å². The zero-order valence-electron chi connectivity index (χ0n) is 11.2. The lowest BCUT2D eigenvalue weighted by molar-refractivity contribution is -0.141. The van der Waals surface area contributed by atoms with Crippen molar-refractivity contribution in [1.29, 1.82) is 0 Å². The van der Waals surface area contributed by atoms with Gasteiger partial charge in [-0.2, -0.15) is 13.2 Å². The van der Waals surface area contributed by atoms with Crippen molar-refractivity contribution in [2.24, 2.45) is 0 Å². The predicted octanol–water partition coefficient (Wildman–Crippen LogP) is 3.60. The van der Waals surface area contributed by atoms with Crippen LogP contribution < -0.4 is 4.90 Å². The van der Waals surface area contributed by atoms with Crippen molar-refractivity contribution >= 4 is 38.0 Å². The Hall–Kier alpha value is -1.68. The van der Waals surface area contributed by atoms with Crippen molar-refractivity contribution in [3.05, 3.63) is 39.7 Å². The highest BCUT2D eigenvalue weighted by atomic mass is 79.9. The predicted molar refractivity (Wildman–Crippen MR) is 79.9 cm³/mol. The van der Waals surface area contributed by atoms with E-state index in [2.05, 4.69) is 31.1 Å². The fraction of sp³-hybridized carbons (Fsp3) is 0.250. The molecule has 116 valence electrons. The first-order valence-electron chi connectivity index (χ1n) is 6.09. The number of hydrogen-bond donors (Lipinski definition) is 0. The van der Waals surface area contributed by atoms with Crippen LogP contribution in [0.3, 0.4) is 0 Å². The van der Waals surface area contributed by atoms with Crippen LogP contribution in [0.15, 0.2) is 28.2 Å². The normalized spacial score (nSPS) is 12.0. The van der Waals surface area contributed by atoms with Gasteiger partial charge in [0.15, 0.2) is 22.3 Å². The van der Waals surface area contributed by atoms with Gasteiger partial charge in [0.1, 0.15) is 3.79 Å². The zero-order chi connectivity index (χ0) is 15.9. The summed E-state index contributed by atoms with van der Waals surface area (Å²) in [6.45, 7) is 0.294. The van der Waals surface area contributed by atoms with Crippen LogP contribution in [0, 0.1) is 0 Å². The maximum absolute atomic E-state index is 12.8. The van der Waals surface area contributed by atoms with Crippen LogP contribution in [0.1, 0.15) is 11.5 Å². The number of fused-ring (bicyclic) bond motifs is 1. The minimum atomic E-state index is -4.48. The Morgan fingerprint density at radius 3 is 2.77 bits per heavy atom. The largest absolute Gasteiger partial charge is 0.435 e. The van der Waals surface area contributed by atoms with Gasteiger partial charge in [0.2, 0.25) is 0 Å². The molecule has 0 bridgehead atoms. The summed E-state index contributed by atoms with van der Waals surface area (Å²) in [5.41, 5.74) is -0.229. The summed E-state index contributed by atoms with van der Waals surface area (Å²) in [4.78, 5) is 5.26. The summed E-state index contributed by atoms with van der Waals surface area (Å²) in [5.74, 6) is 0.623. The summed E-state index contributed by atoms with van der Waals surface area (Å²) in [6.07, 6.45) is -2.67. The Kier molecular flexibility index (Phi) is 3.81. The highest BCUT2D eigenvalue weighted by Gasteiger charge is 2.37. The fourth-order valence-corrected chi connectivity index (χ4v) is 3.43. The number of thiazole rings is 1. The van der Waals surface area contributed by atoms with Crippen molar-refractivity contribution in [2.75, 3.05) is 11.9 Å². The minimum Gasteiger partial charge on any atom is -0.344 e. The van der Waals surface area contributed by atoms with Crippen LogP contribution in [-0.4, -0.2) is 26.6 Å². The molecule has 0 aliphatic carbocycles. The summed E-state index contributed by atoms with van der Waals surface area (Å²) in [5, 5.41) is 8.32. The van der Waals surface area contributed by atoms with Gasteiger partial charge in [-0.1, -0.05) is 17.4 Å². The number of halogens is 4. The number of pyridine rings is 1. The molecule has 0 unspecified atom stereocenters. The quantitative estimate of drug-likeness (QED) is 0.684. The average Bonchev–Trinajstić information content (AvgIpc) is 3.03. The summed E-state index contributed by atoms with van der Waals surface area (Å²) >= 11 is 3.85. The van der Waals surface area contributed by atoms with Crippen molar-refractivity contribution in [2.45, 2.75) is 12.7 Å². The number of aromatic nitrogens is 4. The monoisotopic (exact) mass is 391 g/mol. The van der Waals surface area contributed by atoms with Crippen molar-refractivity contribution in [3.8, 4) is 0 Å². The highest BCUT2D eigenvalue weighted by Crippen LogP contribution is 2.40. The SMILES string of the molecule is CN(Cc1nnc2ccccn12)c1nc(C(F)(F)F)c(Br)s1. The van der Waals surface area contributed by atoms with Gasteiger partial charge in [0, 0.05) is 13.2 Å². The number of nitrogens with zero attached hydrogens (tertiary/aromatic N) is 5. The first-order valence-corrected chi connectivity index (χ1v) is 7.70. The van der Waals surface area contributed by atoms with Crippen LogP contribution in [0.5, 0.6) is 0 Å². The van der Waals surface area contributed by atoms with Crippen molar-refractivity contribution in [3.63, 3.8) is 0 Å². The molecule has 0 aliphatic heterocycles. The van der Waals surface area contributed by atoms with E-state index in [-0.39, 0.29) is 8.92 Å². The third kappa shape index (κ3) is 2.80.